The normalized spacial score (nSPS) is 11.8. The Morgan fingerprint density at radius 1 is 0.575 bits per heavy atom. The lowest BCUT2D eigenvalue weighted by Gasteiger charge is -2.13. The van der Waals surface area contributed by atoms with Gasteiger partial charge in [0.25, 0.3) is 20.2 Å². The van der Waals surface area contributed by atoms with Gasteiger partial charge < -0.3 is 10.6 Å². The summed E-state index contributed by atoms with van der Waals surface area (Å²) in [6.45, 7) is 0. The summed E-state index contributed by atoms with van der Waals surface area (Å²) in [5.41, 5.74) is 0.639. The minimum Gasteiger partial charge on any atom is -0.324 e. The summed E-state index contributed by atoms with van der Waals surface area (Å²) in [5, 5.41) is 4.60. The number of aryl methyl sites for hydroxylation is 2. The molecule has 210 valence electrons. The highest BCUT2D eigenvalue weighted by Gasteiger charge is 2.20. The molecule has 0 amide bonds. The number of aromatic nitrogens is 6. The summed E-state index contributed by atoms with van der Waals surface area (Å²) in [5.74, 6) is -0.153. The molecule has 2 heterocycles. The molecule has 0 atom stereocenters. The van der Waals surface area contributed by atoms with Gasteiger partial charge in [-0.05, 0) is 94.6 Å². The van der Waals surface area contributed by atoms with Gasteiger partial charge in [0.2, 0.25) is 33.0 Å². The van der Waals surface area contributed by atoms with Gasteiger partial charge in [0, 0.05) is 11.4 Å². The Labute approximate surface area is 246 Å². The predicted octanol–water partition coefficient (Wildman–Crippen LogP) is 4.44. The highest BCUT2D eigenvalue weighted by molar-refractivity contribution is 7.86. The van der Waals surface area contributed by atoms with Crippen LogP contribution in [-0.4, -0.2) is 55.8 Å². The van der Waals surface area contributed by atoms with Gasteiger partial charge in [0.1, 0.15) is 0 Å². The Hall–Kier alpha value is -2.96. The van der Waals surface area contributed by atoms with Crippen molar-refractivity contribution >= 4 is 89.9 Å². The van der Waals surface area contributed by atoms with Crippen LogP contribution < -0.4 is 10.6 Å². The molecule has 0 saturated heterocycles. The fourth-order valence-corrected chi connectivity index (χ4v) is 5.73. The van der Waals surface area contributed by atoms with E-state index in [1.807, 2.05) is 0 Å². The number of hydrogen-bond donors (Lipinski definition) is 4. The van der Waals surface area contributed by atoms with Crippen molar-refractivity contribution in [3.05, 3.63) is 68.7 Å². The molecule has 0 radical (unpaired) electrons. The van der Waals surface area contributed by atoms with Gasteiger partial charge in [-0.1, -0.05) is 12.1 Å². The Balaban J connectivity index is 1.61. The summed E-state index contributed by atoms with van der Waals surface area (Å²) in [6.07, 6.45) is -0.0976. The highest BCUT2D eigenvalue weighted by atomic mass is 35.5. The molecule has 2 aromatic heterocycles. The third-order valence-electron chi connectivity index (χ3n) is 5.03. The van der Waals surface area contributed by atoms with Gasteiger partial charge in [-0.15, -0.1) is 0 Å². The van der Waals surface area contributed by atoms with Crippen molar-refractivity contribution in [2.45, 2.75) is 22.6 Å². The van der Waals surface area contributed by atoms with E-state index in [9.17, 15) is 25.9 Å². The fraction of sp³-hybridized carbons (Fsp3) is 0.100. The zero-order valence-corrected chi connectivity index (χ0v) is 24.1. The number of hydrogen-bond acceptors (Lipinski definition) is 12. The third kappa shape index (κ3) is 7.82. The number of anilines is 4. The lowest BCUT2D eigenvalue weighted by molar-refractivity contribution is 0.479. The van der Waals surface area contributed by atoms with Crippen LogP contribution in [0.15, 0.2) is 46.2 Å². The topological polar surface area (TPSA) is 210 Å². The lowest BCUT2D eigenvalue weighted by Crippen LogP contribution is -2.09. The molecule has 0 aliphatic heterocycles. The number of benzene rings is 2. The van der Waals surface area contributed by atoms with E-state index >= 15 is 0 Å². The predicted molar refractivity (Wildman–Crippen MR) is 146 cm³/mol. The molecule has 4 N–H and O–H groups in total. The first-order valence-corrected chi connectivity index (χ1v) is 15.0. The second-order valence-electron chi connectivity index (χ2n) is 7.74. The molecule has 0 saturated carbocycles. The highest BCUT2D eigenvalue weighted by Crippen LogP contribution is 2.28. The minimum atomic E-state index is -4.72. The molecule has 0 bridgehead atoms. The van der Waals surface area contributed by atoms with E-state index in [0.717, 1.165) is 12.1 Å². The van der Waals surface area contributed by atoms with Gasteiger partial charge in [-0.25, -0.2) is 0 Å². The largest absolute Gasteiger partial charge is 0.324 e. The first kappa shape index (κ1) is 30.0. The Kier molecular flexibility index (Phi) is 8.91. The fourth-order valence-electron chi connectivity index (χ4n) is 3.45. The van der Waals surface area contributed by atoms with Crippen LogP contribution in [0.5, 0.6) is 0 Å². The molecule has 14 nitrogen and oxygen atoms in total. The average molecular weight is 668 g/mol. The second-order valence-corrected chi connectivity index (χ2v) is 11.9. The first-order chi connectivity index (χ1) is 18.7. The summed E-state index contributed by atoms with van der Waals surface area (Å²) in [7, 11) is -9.44. The minimum absolute atomic E-state index is 0.0488. The first-order valence-electron chi connectivity index (χ1n) is 10.6. The van der Waals surface area contributed by atoms with Crippen LogP contribution in [0.1, 0.15) is 11.1 Å². The van der Waals surface area contributed by atoms with Gasteiger partial charge in [-0.3, -0.25) is 9.11 Å². The second kappa shape index (κ2) is 11.9. The molecule has 0 spiro atoms. The van der Waals surface area contributed by atoms with Crippen LogP contribution in [0, 0.1) is 0 Å². The molecule has 0 aliphatic rings. The number of nitrogens with one attached hydrogen (secondary N) is 2. The zero-order valence-electron chi connectivity index (χ0n) is 19.4. The molecular weight excluding hydrogens is 654 g/mol. The van der Waals surface area contributed by atoms with Crippen LogP contribution in [0.2, 0.25) is 21.1 Å². The van der Waals surface area contributed by atoms with Gasteiger partial charge in [0.05, 0.1) is 9.79 Å². The SMILES string of the molecule is O=S(=O)(O)c1cc(Nc2nc(Cl)nc(Cl)n2)ccc1CCc1ccc(Nc2nc(Cl)nc(Cl)n2)cc1S(=O)(=O)O. The third-order valence-corrected chi connectivity index (χ3v) is 7.58. The number of rotatable bonds is 9. The molecule has 20 heteroatoms. The van der Waals surface area contributed by atoms with Crippen molar-refractivity contribution in [3.63, 3.8) is 0 Å². The monoisotopic (exact) mass is 666 g/mol. The van der Waals surface area contributed by atoms with Crippen LogP contribution in [0.3, 0.4) is 0 Å². The van der Waals surface area contributed by atoms with Gasteiger partial charge >= 0.3 is 0 Å². The van der Waals surface area contributed by atoms with Crippen LogP contribution >= 0.6 is 46.4 Å². The summed E-state index contributed by atoms with van der Waals surface area (Å²) in [4.78, 5) is 21.6. The van der Waals surface area contributed by atoms with Crippen molar-refractivity contribution in [2.24, 2.45) is 0 Å². The van der Waals surface area contributed by atoms with Crippen molar-refractivity contribution in [2.75, 3.05) is 10.6 Å². The molecule has 40 heavy (non-hydrogen) atoms. The number of nitrogens with zero attached hydrogens (tertiary/aromatic N) is 6. The molecule has 0 fully saturated rings. The van der Waals surface area contributed by atoms with Crippen molar-refractivity contribution < 1.29 is 25.9 Å². The van der Waals surface area contributed by atoms with Crippen LogP contribution in [0.25, 0.3) is 0 Å². The van der Waals surface area contributed by atoms with E-state index in [-0.39, 0.29) is 68.4 Å². The quantitative estimate of drug-likeness (QED) is 0.182. The van der Waals surface area contributed by atoms with E-state index in [0.29, 0.717) is 0 Å². The van der Waals surface area contributed by atoms with Gasteiger partial charge in [0.15, 0.2) is 0 Å². The number of halogens is 4. The molecule has 0 unspecified atom stereocenters. The maximum Gasteiger partial charge on any atom is 0.294 e. The maximum absolute atomic E-state index is 12.1. The standard InChI is InChI=1S/C20H14Cl4N8O6S2/c21-15-27-16(22)30-19(29-15)25-11-5-3-9(13(7-11)39(33,34)35)1-2-10-4-6-12(8-14(10)40(36,37)38)26-20-31-17(23)28-18(24)32-20/h3-8H,1-2H2,(H,33,34,35)(H,36,37,38)(H,25,27,29,30)(H,26,28,31,32). The lowest BCUT2D eigenvalue weighted by atomic mass is 10.0. The van der Waals surface area contributed by atoms with E-state index in [2.05, 4.69) is 40.5 Å². The maximum atomic E-state index is 12.1. The van der Waals surface area contributed by atoms with Crippen molar-refractivity contribution in [3.8, 4) is 0 Å². The zero-order chi connectivity index (χ0) is 29.2. The smallest absolute Gasteiger partial charge is 0.294 e. The summed E-state index contributed by atoms with van der Waals surface area (Å²) >= 11 is 23.0. The van der Waals surface area contributed by atoms with Crippen molar-refractivity contribution in [1.82, 2.24) is 29.9 Å². The van der Waals surface area contributed by atoms with E-state index in [1.165, 1.54) is 24.3 Å². The van der Waals surface area contributed by atoms with E-state index < -0.39 is 30.0 Å². The molecule has 4 rings (SSSR count). The molecule has 0 aliphatic carbocycles. The Morgan fingerprint density at radius 2 is 0.900 bits per heavy atom. The Bertz CT molecular complexity index is 1660. The molecule has 4 aromatic rings. The summed E-state index contributed by atoms with van der Waals surface area (Å²) in [6, 6.07) is 7.98. The van der Waals surface area contributed by atoms with E-state index in [1.54, 1.807) is 0 Å². The van der Waals surface area contributed by atoms with Crippen LogP contribution in [0.4, 0.5) is 23.3 Å². The van der Waals surface area contributed by atoms with E-state index in [4.69, 9.17) is 46.4 Å². The Morgan fingerprint density at radius 3 is 1.20 bits per heavy atom. The molecular formula is C20H14Cl4N8O6S2. The molecule has 2 aromatic carbocycles. The summed E-state index contributed by atoms with van der Waals surface area (Å²) < 4.78 is 68.2. The van der Waals surface area contributed by atoms with Gasteiger partial charge in [-0.2, -0.15) is 46.7 Å². The van der Waals surface area contributed by atoms with Crippen LogP contribution in [-0.2, 0) is 33.1 Å². The van der Waals surface area contributed by atoms with Crippen molar-refractivity contribution in [1.29, 1.82) is 0 Å². The average Bonchev–Trinajstić information content (AvgIpc) is 2.81.